The van der Waals surface area contributed by atoms with Gasteiger partial charge in [0.25, 0.3) is 0 Å². The summed E-state index contributed by atoms with van der Waals surface area (Å²) in [7, 11) is 4.04. The summed E-state index contributed by atoms with van der Waals surface area (Å²) in [5.74, 6) is 3.42. The first-order valence-corrected chi connectivity index (χ1v) is 49.1. The SMILES string of the molecule is CC(C)(C)c1ccnc(-c2[c-]c(-c3cccc4ccc(-n5cc(C(C)(C)C)cn5)[c-]c34)ccc2)c1.CC(C)c1cccc(C(C)C)c1-n1ccnc1-c1[c-]c(-c2cccc3ccc(-c4ccccn4)[c-]c23)ccc1.CN1C=CN(c2[c-]c(-c3cccc4ccc(N5C=CN(C)[CH-]5)[c-]c34)ccc2)[CH-]1.Cc1cccc(C)c1-n1ccnc1-c1[c-]c(-c2cccc3ccc(-c4nccn4-c4c(C)cccc4C)[c-]c23)ccc1.[Pt+2].[Pt+2].[Pt+2].[Pt+4]. The number of anilines is 2. The van der Waals surface area contributed by atoms with E-state index in [1.54, 1.807) is 0 Å². The maximum absolute atomic E-state index is 4.83. The quantitative estimate of drug-likeness (QED) is 0.0818. The van der Waals surface area contributed by atoms with Gasteiger partial charge in [0.2, 0.25) is 0 Å². The van der Waals surface area contributed by atoms with E-state index in [9.17, 15) is 0 Å². The van der Waals surface area contributed by atoms with Crippen LogP contribution in [0.3, 0.4) is 0 Å². The second-order valence-corrected chi connectivity index (χ2v) is 39.6. The van der Waals surface area contributed by atoms with Gasteiger partial charge in [-0.2, -0.15) is 18.4 Å². The van der Waals surface area contributed by atoms with Gasteiger partial charge < -0.3 is 33.3 Å². The Morgan fingerprint density at radius 3 is 1.11 bits per heavy atom. The number of imidazole rings is 3. The first kappa shape index (κ1) is 107. The van der Waals surface area contributed by atoms with Gasteiger partial charge in [-0.3, -0.25) is 29.6 Å². The van der Waals surface area contributed by atoms with Gasteiger partial charge in [0.1, 0.15) is 0 Å². The summed E-state index contributed by atoms with van der Waals surface area (Å²) in [5, 5.41) is 13.4. The van der Waals surface area contributed by atoms with Crippen molar-refractivity contribution < 1.29 is 84.3 Å². The maximum Gasteiger partial charge on any atom is 4.00 e. The third-order valence-corrected chi connectivity index (χ3v) is 26.7. The van der Waals surface area contributed by atoms with Crippen LogP contribution in [-0.4, -0.2) is 72.3 Å². The molecule has 0 atom stereocenters. The normalized spacial score (nSPS) is 12.2. The van der Waals surface area contributed by atoms with Crippen molar-refractivity contribution in [1.29, 1.82) is 0 Å². The number of hydrogen-bond donors (Lipinski definition) is 0. The van der Waals surface area contributed by atoms with Crippen molar-refractivity contribution in [3.8, 4) is 124 Å². The van der Waals surface area contributed by atoms with Gasteiger partial charge in [0.15, 0.2) is 0 Å². The Labute approximate surface area is 928 Å². The van der Waals surface area contributed by atoms with Gasteiger partial charge in [-0.05, 0) is 152 Å². The van der Waals surface area contributed by atoms with E-state index in [1.165, 1.54) is 55.6 Å². The van der Waals surface area contributed by atoms with Gasteiger partial charge in [0, 0.05) is 84.2 Å². The van der Waals surface area contributed by atoms with E-state index in [4.69, 9.17) is 15.0 Å². The summed E-state index contributed by atoms with van der Waals surface area (Å²) >= 11 is 0. The molecule has 0 aliphatic carbocycles. The zero-order valence-electron chi connectivity index (χ0n) is 85.5. The predicted octanol–water partition coefficient (Wildman–Crippen LogP) is 31.0. The molecular weight excluding hydrogens is 2540 g/mol. The van der Waals surface area contributed by atoms with Crippen molar-refractivity contribution in [1.82, 2.24) is 58.2 Å². The van der Waals surface area contributed by atoms with Gasteiger partial charge >= 0.3 is 84.3 Å². The van der Waals surface area contributed by atoms with Crippen LogP contribution in [0, 0.1) is 89.6 Å². The van der Waals surface area contributed by atoms with Crippen LogP contribution in [0.2, 0.25) is 0 Å². The second kappa shape index (κ2) is 46.1. The van der Waals surface area contributed by atoms with Crippen molar-refractivity contribution in [3.63, 3.8) is 0 Å². The van der Waals surface area contributed by atoms with Crippen LogP contribution in [0.4, 0.5) is 11.4 Å². The van der Waals surface area contributed by atoms with Crippen LogP contribution < -0.4 is 9.80 Å². The molecule has 0 unspecified atom stereocenters. The molecule has 23 rings (SSSR count). The van der Waals surface area contributed by atoms with Crippen molar-refractivity contribution in [3.05, 3.63) is 472 Å². The zero-order valence-corrected chi connectivity index (χ0v) is 94.6. The number of rotatable bonds is 17. The molecule has 0 saturated carbocycles. The summed E-state index contributed by atoms with van der Waals surface area (Å²) in [5.41, 5.74) is 31.8. The van der Waals surface area contributed by atoms with Crippen molar-refractivity contribution in [2.75, 3.05) is 23.9 Å². The fourth-order valence-corrected chi connectivity index (χ4v) is 19.1. The van der Waals surface area contributed by atoms with Crippen LogP contribution in [-0.2, 0) is 95.1 Å². The molecule has 0 radical (unpaired) electrons. The molecule has 21 aromatic rings. The smallest absolute Gasteiger partial charge is 0.510 e. The molecule has 2 aliphatic heterocycles. The molecule has 742 valence electrons. The maximum atomic E-state index is 4.83. The summed E-state index contributed by atoms with van der Waals surface area (Å²) in [4.78, 5) is 31.7. The molecule has 6 aromatic heterocycles. The molecule has 148 heavy (non-hydrogen) atoms. The van der Waals surface area contributed by atoms with Crippen LogP contribution in [0.15, 0.2) is 366 Å². The molecule has 18 heteroatoms. The Hall–Kier alpha value is -14.1. The second-order valence-electron chi connectivity index (χ2n) is 39.6. The van der Waals surface area contributed by atoms with Crippen LogP contribution in [0.1, 0.15) is 126 Å². The average Bonchev–Trinajstić information content (AvgIpc) is 1.57. The van der Waals surface area contributed by atoms with E-state index >= 15 is 0 Å². The summed E-state index contributed by atoms with van der Waals surface area (Å²) in [6, 6.07) is 126. The number of nitrogens with zero attached hydrogens (tertiary/aromatic N) is 14. The molecule has 0 saturated heterocycles. The van der Waals surface area contributed by atoms with E-state index < -0.39 is 0 Å². The molecule has 0 fully saturated rings. The summed E-state index contributed by atoms with van der Waals surface area (Å²) < 4.78 is 8.50. The van der Waals surface area contributed by atoms with E-state index in [0.717, 1.165) is 167 Å². The van der Waals surface area contributed by atoms with E-state index in [-0.39, 0.29) is 95.1 Å². The Morgan fingerprint density at radius 2 is 0.662 bits per heavy atom. The zero-order chi connectivity index (χ0) is 99.6. The molecule has 15 aromatic carbocycles. The monoisotopic (exact) mass is 2650 g/mol. The Kier molecular flexibility index (Phi) is 33.3. The molecule has 0 spiro atoms. The molecule has 0 N–H and O–H groups in total. The molecule has 0 bridgehead atoms. The van der Waals surface area contributed by atoms with Crippen molar-refractivity contribution >= 4 is 54.5 Å². The van der Waals surface area contributed by atoms with Gasteiger partial charge in [-0.1, -0.05) is 276 Å². The number of aryl methyl sites for hydroxylation is 4. The van der Waals surface area contributed by atoms with Crippen LogP contribution in [0.5, 0.6) is 0 Å². The summed E-state index contributed by atoms with van der Waals surface area (Å²) in [6.07, 6.45) is 27.6. The Bertz CT molecular complexity index is 8330. The molecule has 8 heterocycles. The fraction of sp³-hybridized carbons (Fsp3) is 0.154. The third kappa shape index (κ3) is 22.8. The van der Waals surface area contributed by atoms with E-state index in [2.05, 4.69) is 457 Å². The predicted molar refractivity (Wildman–Crippen MR) is 591 cm³/mol. The fourth-order valence-electron chi connectivity index (χ4n) is 19.1. The topological polar surface area (TPSA) is 110 Å². The molecule has 0 amide bonds. The molecule has 14 nitrogen and oxygen atoms in total. The standard InChI is InChI=1S/C38H30N4.C36H31N3.C32H31N3.C24H20N4.4Pt/c1-25-9-5-10-26(2)35(25)41-21-19-39-37(41)31-15-7-14-30(23-31)33-16-8-13-29-17-18-32(24-34(29)33)38-40-20-22-42(38)36-27(3)11-6-12-28(36)4;1-24(2)30-13-9-14-31(25(3)4)35(30)39-21-20-38-36(39)29-12-7-11-27(22-29)32-15-8-10-26-17-18-28(23-33(26)32)34-16-5-6-19-37-34;1-31(2,3)25-15-16-33-30(18-25)24-11-7-10-23(17-24)28-12-8-9-22-13-14-27(19-29(22)28)35-21-26(20-34-35)32(4,5)6;1-25-11-13-27(17-25)21-7-3-6-20(15-21)23-8-4-5-19-9-10-22(16-24(19)23)28-14-12-26(2)18-28;;;;/h5-22H,1-4H3;5-21,24-25H,1-4H3;7-16,18,20-21H,1-6H3;3-14,17-18H,1-2H3;;;;/q3*-2;-4;3*+2;+4. The number of fused-ring (bicyclic) bond motifs is 4. The van der Waals surface area contributed by atoms with Gasteiger partial charge in [-0.25, -0.2) is 0 Å². The third-order valence-electron chi connectivity index (χ3n) is 26.7. The summed E-state index contributed by atoms with van der Waals surface area (Å²) in [6.45, 7) is 34.9. The van der Waals surface area contributed by atoms with Gasteiger partial charge in [0.05, 0.1) is 23.7 Å². The molecule has 2 aliphatic rings. The van der Waals surface area contributed by atoms with Crippen LogP contribution >= 0.6 is 0 Å². The minimum absolute atomic E-state index is 0. The first-order valence-electron chi connectivity index (χ1n) is 49.1. The minimum Gasteiger partial charge on any atom is -0.510 e. The number of aromatic nitrogens is 10. The first-order chi connectivity index (χ1) is 69.8. The van der Waals surface area contributed by atoms with E-state index in [0.29, 0.717) is 11.8 Å². The number of benzene rings is 15. The molecular formula is C130H112N14Pt4. The van der Waals surface area contributed by atoms with Crippen molar-refractivity contribution in [2.45, 2.75) is 120 Å². The Morgan fingerprint density at radius 1 is 0.297 bits per heavy atom. The van der Waals surface area contributed by atoms with E-state index in [1.807, 2.05) is 134 Å². The van der Waals surface area contributed by atoms with Gasteiger partial charge in [-0.15, -0.1) is 236 Å². The van der Waals surface area contributed by atoms with Crippen molar-refractivity contribution in [2.24, 2.45) is 0 Å². The average molecular weight is 2650 g/mol. The van der Waals surface area contributed by atoms with Crippen LogP contribution in [0.25, 0.3) is 167 Å². The number of pyridine rings is 2. The number of para-hydroxylation sites is 3. The minimum atomic E-state index is 0. The number of hydrogen-bond acceptors (Lipinski definition) is 10. The largest absolute Gasteiger partial charge is 4.00 e. The Balaban J connectivity index is 0.000000141.